The molecule has 1 aliphatic rings. The Morgan fingerprint density at radius 2 is 2.05 bits per heavy atom. The zero-order valence-electron chi connectivity index (χ0n) is 12.7. The van der Waals surface area contributed by atoms with Crippen molar-refractivity contribution in [2.45, 2.75) is 37.3 Å². The van der Waals surface area contributed by atoms with Crippen LogP contribution in [0.15, 0.2) is 24.3 Å². The van der Waals surface area contributed by atoms with Crippen LogP contribution in [0.25, 0.3) is 0 Å². The monoisotopic (exact) mass is 294 g/mol. The molecule has 1 heterocycles. The highest BCUT2D eigenvalue weighted by molar-refractivity contribution is 8.00. The van der Waals surface area contributed by atoms with E-state index in [-0.39, 0.29) is 0 Å². The highest BCUT2D eigenvalue weighted by Crippen LogP contribution is 2.31. The first kappa shape index (κ1) is 15.7. The van der Waals surface area contributed by atoms with Gasteiger partial charge in [0.05, 0.1) is 6.61 Å². The Hall–Kier alpha value is -0.710. The Balaban J connectivity index is 2.16. The largest absolute Gasteiger partial charge is 0.494 e. The molecule has 0 saturated carbocycles. The van der Waals surface area contributed by atoms with Crippen LogP contribution in [-0.4, -0.2) is 41.6 Å². The summed E-state index contributed by atoms with van der Waals surface area (Å²) in [6.45, 7) is 10.2. The fourth-order valence-electron chi connectivity index (χ4n) is 2.95. The average molecular weight is 294 g/mol. The number of benzene rings is 1. The molecule has 0 aromatic heterocycles. The van der Waals surface area contributed by atoms with Crippen molar-refractivity contribution in [2.24, 2.45) is 5.73 Å². The fourth-order valence-corrected chi connectivity index (χ4v) is 4.29. The van der Waals surface area contributed by atoms with Crippen LogP contribution in [0.1, 0.15) is 32.4 Å². The molecule has 2 N–H and O–H groups in total. The number of thioether (sulfide) groups is 1. The van der Waals surface area contributed by atoms with Crippen molar-refractivity contribution in [1.82, 2.24) is 4.90 Å². The molecule has 1 fully saturated rings. The van der Waals surface area contributed by atoms with Gasteiger partial charge in [-0.25, -0.2) is 0 Å². The third-order valence-corrected chi connectivity index (χ3v) is 4.89. The van der Waals surface area contributed by atoms with E-state index in [0.717, 1.165) is 18.8 Å². The number of ether oxygens (including phenoxy) is 1. The zero-order valence-corrected chi connectivity index (χ0v) is 13.5. The molecule has 3 atom stereocenters. The Kier molecular flexibility index (Phi) is 5.75. The van der Waals surface area contributed by atoms with Gasteiger partial charge in [0.15, 0.2) is 0 Å². The van der Waals surface area contributed by atoms with Crippen LogP contribution in [-0.2, 0) is 0 Å². The smallest absolute Gasteiger partial charge is 0.119 e. The van der Waals surface area contributed by atoms with Crippen LogP contribution in [0, 0.1) is 0 Å². The Labute approximate surface area is 126 Å². The van der Waals surface area contributed by atoms with Crippen molar-refractivity contribution in [1.29, 1.82) is 0 Å². The van der Waals surface area contributed by atoms with Gasteiger partial charge in [-0.15, -0.1) is 0 Å². The molecule has 2 rings (SSSR count). The summed E-state index contributed by atoms with van der Waals surface area (Å²) >= 11 is 2.07. The van der Waals surface area contributed by atoms with E-state index < -0.39 is 0 Å². The summed E-state index contributed by atoms with van der Waals surface area (Å²) in [5.74, 6) is 0.941. The van der Waals surface area contributed by atoms with E-state index in [1.54, 1.807) is 0 Å². The number of hydrogen-bond acceptors (Lipinski definition) is 4. The lowest BCUT2D eigenvalue weighted by Gasteiger charge is -2.39. The van der Waals surface area contributed by atoms with Crippen LogP contribution in [0.3, 0.4) is 0 Å². The molecule has 0 bridgehead atoms. The molecule has 0 aliphatic carbocycles. The lowest BCUT2D eigenvalue weighted by Crippen LogP contribution is -2.44. The van der Waals surface area contributed by atoms with Crippen molar-refractivity contribution >= 4 is 11.8 Å². The van der Waals surface area contributed by atoms with Gasteiger partial charge in [0.2, 0.25) is 0 Å². The van der Waals surface area contributed by atoms with E-state index in [2.05, 4.69) is 48.7 Å². The number of hydrogen-bond donors (Lipinski definition) is 1. The molecule has 0 amide bonds. The minimum atomic E-state index is 0.293. The molecule has 0 spiro atoms. The fraction of sp³-hybridized carbons (Fsp3) is 0.625. The summed E-state index contributed by atoms with van der Waals surface area (Å²) in [5.41, 5.74) is 7.33. The lowest BCUT2D eigenvalue weighted by molar-refractivity contribution is 0.199. The maximum absolute atomic E-state index is 6.06. The summed E-state index contributed by atoms with van der Waals surface area (Å²) in [5, 5.41) is 1.34. The minimum Gasteiger partial charge on any atom is -0.494 e. The van der Waals surface area contributed by atoms with Gasteiger partial charge in [-0.1, -0.05) is 26.0 Å². The van der Waals surface area contributed by atoms with E-state index in [0.29, 0.717) is 29.7 Å². The summed E-state index contributed by atoms with van der Waals surface area (Å²) in [4.78, 5) is 2.52. The third-order valence-electron chi connectivity index (χ3n) is 3.67. The minimum absolute atomic E-state index is 0.293. The molecular weight excluding hydrogens is 268 g/mol. The number of rotatable bonds is 5. The van der Waals surface area contributed by atoms with Crippen molar-refractivity contribution < 1.29 is 4.74 Å². The van der Waals surface area contributed by atoms with Crippen molar-refractivity contribution in [2.75, 3.05) is 26.2 Å². The summed E-state index contributed by atoms with van der Waals surface area (Å²) < 4.78 is 5.61. The average Bonchev–Trinajstić information content (AvgIpc) is 2.39. The first-order valence-electron chi connectivity index (χ1n) is 7.46. The van der Waals surface area contributed by atoms with Gasteiger partial charge < -0.3 is 10.5 Å². The van der Waals surface area contributed by atoms with Gasteiger partial charge in [0, 0.05) is 36.2 Å². The van der Waals surface area contributed by atoms with Crippen LogP contribution >= 0.6 is 11.8 Å². The number of nitrogens with zero attached hydrogens (tertiary/aromatic N) is 1. The SMILES string of the molecule is CCOc1cccc(C(CN)N2CC(C)SC(C)C2)c1. The Bertz CT molecular complexity index is 417. The quantitative estimate of drug-likeness (QED) is 0.906. The molecule has 20 heavy (non-hydrogen) atoms. The van der Waals surface area contributed by atoms with Crippen molar-refractivity contribution in [3.8, 4) is 5.75 Å². The van der Waals surface area contributed by atoms with Crippen molar-refractivity contribution in [3.63, 3.8) is 0 Å². The lowest BCUT2D eigenvalue weighted by atomic mass is 10.0. The van der Waals surface area contributed by atoms with E-state index in [1.165, 1.54) is 5.56 Å². The highest BCUT2D eigenvalue weighted by atomic mass is 32.2. The standard InChI is InChI=1S/C16H26N2OS/c1-4-19-15-7-5-6-14(8-15)16(9-17)18-10-12(2)20-13(3)11-18/h5-8,12-13,16H,4,9-11,17H2,1-3H3. The topological polar surface area (TPSA) is 38.5 Å². The second-order valence-corrected chi connectivity index (χ2v) is 7.35. The normalized spacial score (nSPS) is 25.4. The summed E-state index contributed by atoms with van der Waals surface area (Å²) in [7, 11) is 0. The molecule has 3 nitrogen and oxygen atoms in total. The molecule has 4 heteroatoms. The first-order chi connectivity index (χ1) is 9.63. The Morgan fingerprint density at radius 1 is 1.35 bits per heavy atom. The second-order valence-electron chi connectivity index (χ2n) is 5.47. The summed E-state index contributed by atoms with van der Waals surface area (Å²) in [6, 6.07) is 8.67. The van der Waals surface area contributed by atoms with Gasteiger partial charge in [-0.2, -0.15) is 11.8 Å². The van der Waals surface area contributed by atoms with Crippen LogP contribution in [0.5, 0.6) is 5.75 Å². The van der Waals surface area contributed by atoms with Crippen LogP contribution in [0.2, 0.25) is 0 Å². The zero-order chi connectivity index (χ0) is 14.5. The van der Waals surface area contributed by atoms with Gasteiger partial charge in [-0.3, -0.25) is 4.90 Å². The number of nitrogens with two attached hydrogens (primary N) is 1. The Morgan fingerprint density at radius 3 is 2.65 bits per heavy atom. The molecular formula is C16H26N2OS. The van der Waals surface area contributed by atoms with Crippen LogP contribution in [0.4, 0.5) is 0 Å². The molecule has 0 radical (unpaired) electrons. The van der Waals surface area contributed by atoms with Gasteiger partial charge >= 0.3 is 0 Å². The van der Waals surface area contributed by atoms with E-state index >= 15 is 0 Å². The molecule has 112 valence electrons. The third kappa shape index (κ3) is 3.90. The first-order valence-corrected chi connectivity index (χ1v) is 8.40. The molecule has 1 aliphatic heterocycles. The molecule has 1 aromatic carbocycles. The van der Waals surface area contributed by atoms with E-state index in [4.69, 9.17) is 10.5 Å². The van der Waals surface area contributed by atoms with Crippen LogP contribution < -0.4 is 10.5 Å². The predicted octanol–water partition coefficient (Wildman–Crippen LogP) is 2.91. The van der Waals surface area contributed by atoms with Gasteiger partial charge in [-0.05, 0) is 24.6 Å². The molecule has 1 saturated heterocycles. The second kappa shape index (κ2) is 7.34. The highest BCUT2D eigenvalue weighted by Gasteiger charge is 2.28. The maximum atomic E-state index is 6.06. The van der Waals surface area contributed by atoms with Gasteiger partial charge in [0.25, 0.3) is 0 Å². The van der Waals surface area contributed by atoms with E-state index in [9.17, 15) is 0 Å². The van der Waals surface area contributed by atoms with E-state index in [1.807, 2.05) is 13.0 Å². The van der Waals surface area contributed by atoms with Gasteiger partial charge in [0.1, 0.15) is 5.75 Å². The molecule has 1 aromatic rings. The maximum Gasteiger partial charge on any atom is 0.119 e. The molecule has 3 unspecified atom stereocenters. The summed E-state index contributed by atoms with van der Waals surface area (Å²) in [6.07, 6.45) is 0. The van der Waals surface area contributed by atoms with Crippen molar-refractivity contribution in [3.05, 3.63) is 29.8 Å². The predicted molar refractivity (Wildman–Crippen MR) is 87.5 cm³/mol.